The predicted molar refractivity (Wildman–Crippen MR) is 67.5 cm³/mol. The first kappa shape index (κ1) is 12.3. The van der Waals surface area contributed by atoms with Gasteiger partial charge >= 0.3 is 0 Å². The lowest BCUT2D eigenvalue weighted by Crippen LogP contribution is -2.43. The van der Waals surface area contributed by atoms with Crippen LogP contribution in [0.25, 0.3) is 0 Å². The number of nitrogens with zero attached hydrogens (tertiary/aromatic N) is 1. The van der Waals surface area contributed by atoms with Gasteiger partial charge in [-0.3, -0.25) is 4.79 Å². The van der Waals surface area contributed by atoms with Crippen molar-refractivity contribution < 1.29 is 9.53 Å². The van der Waals surface area contributed by atoms with Crippen LogP contribution in [0, 0.1) is 0 Å². The molecule has 1 aliphatic carbocycles. The van der Waals surface area contributed by atoms with Gasteiger partial charge in [0, 0.05) is 19.5 Å². The fraction of sp³-hybridized carbons (Fsp3) is 0.917. The highest BCUT2D eigenvalue weighted by molar-refractivity contribution is 7.19. The van der Waals surface area contributed by atoms with Gasteiger partial charge in [0.25, 0.3) is 0 Å². The SMILES string of the molecule is O=C(CC1(P)CCCCC1)N1CCOCC1. The molecular formula is C12H22NO2P. The minimum Gasteiger partial charge on any atom is -0.378 e. The van der Waals surface area contributed by atoms with Crippen LogP contribution in [-0.4, -0.2) is 42.3 Å². The van der Waals surface area contributed by atoms with Crippen molar-refractivity contribution in [1.29, 1.82) is 0 Å². The summed E-state index contributed by atoms with van der Waals surface area (Å²) in [7, 11) is 2.95. The maximum absolute atomic E-state index is 12.1. The minimum absolute atomic E-state index is 0.188. The van der Waals surface area contributed by atoms with Gasteiger partial charge in [-0.1, -0.05) is 19.3 Å². The number of rotatable bonds is 2. The molecule has 1 saturated heterocycles. The smallest absolute Gasteiger partial charge is 0.223 e. The van der Waals surface area contributed by atoms with Crippen molar-refractivity contribution in [3.63, 3.8) is 0 Å². The van der Waals surface area contributed by atoms with Crippen LogP contribution >= 0.6 is 9.24 Å². The number of carbonyl (C=O) groups is 1. The summed E-state index contributed by atoms with van der Waals surface area (Å²) in [6, 6.07) is 0. The fourth-order valence-corrected chi connectivity index (χ4v) is 3.24. The number of carbonyl (C=O) groups excluding carboxylic acids is 1. The largest absolute Gasteiger partial charge is 0.378 e. The van der Waals surface area contributed by atoms with Crippen molar-refractivity contribution in [2.45, 2.75) is 43.7 Å². The zero-order valence-electron chi connectivity index (χ0n) is 9.91. The third-order valence-electron chi connectivity index (χ3n) is 3.72. The number of hydrogen-bond donors (Lipinski definition) is 0. The summed E-state index contributed by atoms with van der Waals surface area (Å²) >= 11 is 0. The van der Waals surface area contributed by atoms with Gasteiger partial charge in [-0.15, -0.1) is 9.24 Å². The van der Waals surface area contributed by atoms with Crippen LogP contribution in [-0.2, 0) is 9.53 Å². The molecule has 3 nitrogen and oxygen atoms in total. The molecule has 0 N–H and O–H groups in total. The van der Waals surface area contributed by atoms with Crippen molar-refractivity contribution in [2.24, 2.45) is 0 Å². The summed E-state index contributed by atoms with van der Waals surface area (Å²) < 4.78 is 5.27. The zero-order valence-corrected chi connectivity index (χ0v) is 11.1. The maximum Gasteiger partial charge on any atom is 0.223 e. The lowest BCUT2D eigenvalue weighted by molar-refractivity contribution is -0.136. The first-order valence-electron chi connectivity index (χ1n) is 6.34. The van der Waals surface area contributed by atoms with Gasteiger partial charge in [0.1, 0.15) is 0 Å². The van der Waals surface area contributed by atoms with Crippen molar-refractivity contribution >= 4 is 15.1 Å². The Morgan fingerprint density at radius 3 is 2.44 bits per heavy atom. The van der Waals surface area contributed by atoms with Crippen LogP contribution in [0.15, 0.2) is 0 Å². The molecule has 4 heteroatoms. The number of ether oxygens (including phenoxy) is 1. The summed E-state index contributed by atoms with van der Waals surface area (Å²) in [6.07, 6.45) is 6.97. The molecular weight excluding hydrogens is 221 g/mol. The molecule has 16 heavy (non-hydrogen) atoms. The molecule has 1 heterocycles. The predicted octanol–water partition coefficient (Wildman–Crippen LogP) is 1.81. The van der Waals surface area contributed by atoms with Gasteiger partial charge in [-0.2, -0.15) is 0 Å². The van der Waals surface area contributed by atoms with E-state index in [0.717, 1.165) is 13.1 Å². The van der Waals surface area contributed by atoms with E-state index in [-0.39, 0.29) is 5.16 Å². The first-order chi connectivity index (χ1) is 7.70. The van der Waals surface area contributed by atoms with E-state index in [9.17, 15) is 4.79 Å². The highest BCUT2D eigenvalue weighted by Crippen LogP contribution is 2.39. The number of amides is 1. The highest BCUT2D eigenvalue weighted by atomic mass is 31.0. The lowest BCUT2D eigenvalue weighted by atomic mass is 9.85. The van der Waals surface area contributed by atoms with Gasteiger partial charge in [0.05, 0.1) is 13.2 Å². The molecule has 0 bridgehead atoms. The minimum atomic E-state index is 0.188. The molecule has 0 spiro atoms. The van der Waals surface area contributed by atoms with Gasteiger partial charge in [-0.25, -0.2) is 0 Å². The molecule has 0 aromatic rings. The molecule has 92 valence electrons. The molecule has 1 atom stereocenters. The summed E-state index contributed by atoms with van der Waals surface area (Å²) in [5.41, 5.74) is 0. The van der Waals surface area contributed by atoms with Crippen molar-refractivity contribution in [3.8, 4) is 0 Å². The van der Waals surface area contributed by atoms with E-state index in [4.69, 9.17) is 4.74 Å². The molecule has 0 aromatic carbocycles. The van der Waals surface area contributed by atoms with Crippen molar-refractivity contribution in [3.05, 3.63) is 0 Å². The van der Waals surface area contributed by atoms with E-state index >= 15 is 0 Å². The summed E-state index contributed by atoms with van der Waals surface area (Å²) in [6.45, 7) is 2.96. The lowest BCUT2D eigenvalue weighted by Gasteiger charge is -2.35. The normalized spacial score (nSPS) is 25.4. The zero-order chi connectivity index (χ0) is 11.4. The van der Waals surface area contributed by atoms with Gasteiger partial charge in [0.15, 0.2) is 0 Å². The molecule has 1 amide bonds. The van der Waals surface area contributed by atoms with Crippen LogP contribution in [0.4, 0.5) is 0 Å². The van der Waals surface area contributed by atoms with E-state index in [1.54, 1.807) is 0 Å². The van der Waals surface area contributed by atoms with Crippen LogP contribution in [0.1, 0.15) is 38.5 Å². The van der Waals surface area contributed by atoms with Crippen LogP contribution in [0.3, 0.4) is 0 Å². The second-order valence-corrected chi connectivity index (χ2v) is 6.32. The Bertz CT molecular complexity index is 245. The molecule has 1 aliphatic heterocycles. The number of hydrogen-bond acceptors (Lipinski definition) is 2. The second-order valence-electron chi connectivity index (χ2n) is 5.09. The summed E-state index contributed by atoms with van der Waals surface area (Å²) in [4.78, 5) is 14.1. The molecule has 2 aliphatic rings. The average Bonchev–Trinajstić information content (AvgIpc) is 2.30. The van der Waals surface area contributed by atoms with Gasteiger partial charge < -0.3 is 9.64 Å². The molecule has 1 unspecified atom stereocenters. The second kappa shape index (κ2) is 5.46. The van der Waals surface area contributed by atoms with E-state index < -0.39 is 0 Å². The highest BCUT2D eigenvalue weighted by Gasteiger charge is 2.31. The van der Waals surface area contributed by atoms with Crippen molar-refractivity contribution in [2.75, 3.05) is 26.3 Å². The van der Waals surface area contributed by atoms with Crippen LogP contribution in [0.2, 0.25) is 0 Å². The Kier molecular flexibility index (Phi) is 4.21. The van der Waals surface area contributed by atoms with Gasteiger partial charge in [0.2, 0.25) is 5.91 Å². The third-order valence-corrected chi connectivity index (χ3v) is 4.50. The molecule has 2 fully saturated rings. The van der Waals surface area contributed by atoms with E-state index in [1.807, 2.05) is 4.90 Å². The molecule has 0 aromatic heterocycles. The monoisotopic (exact) mass is 243 g/mol. The fourth-order valence-electron chi connectivity index (χ4n) is 2.66. The average molecular weight is 243 g/mol. The van der Waals surface area contributed by atoms with Crippen LogP contribution in [0.5, 0.6) is 0 Å². The number of morpholine rings is 1. The summed E-state index contributed by atoms with van der Waals surface area (Å²) in [5, 5.41) is 0.188. The van der Waals surface area contributed by atoms with E-state index in [1.165, 1.54) is 32.1 Å². The van der Waals surface area contributed by atoms with E-state index in [0.29, 0.717) is 25.5 Å². The quantitative estimate of drug-likeness (QED) is 0.692. The first-order valence-corrected chi connectivity index (χ1v) is 6.92. The standard InChI is InChI=1S/C12H22NO2P/c14-11(13-6-8-15-9-7-13)10-12(16)4-2-1-3-5-12/h1-10,16H2. The molecule has 2 rings (SSSR count). The Labute approximate surface area is 100 Å². The van der Waals surface area contributed by atoms with Crippen molar-refractivity contribution in [1.82, 2.24) is 4.90 Å². The Morgan fingerprint density at radius 2 is 1.81 bits per heavy atom. The third kappa shape index (κ3) is 3.18. The van der Waals surface area contributed by atoms with Crippen LogP contribution < -0.4 is 0 Å². The van der Waals surface area contributed by atoms with E-state index in [2.05, 4.69) is 9.24 Å². The van der Waals surface area contributed by atoms with Gasteiger partial charge in [-0.05, 0) is 18.0 Å². The Balaban J connectivity index is 1.85. The maximum atomic E-state index is 12.1. The molecule has 1 saturated carbocycles. The Morgan fingerprint density at radius 1 is 1.19 bits per heavy atom. The topological polar surface area (TPSA) is 29.5 Å². The Hall–Kier alpha value is -0.140. The summed E-state index contributed by atoms with van der Waals surface area (Å²) in [5.74, 6) is 0.320. The molecule has 0 radical (unpaired) electrons.